The lowest BCUT2D eigenvalue weighted by Gasteiger charge is -2.09. The predicted molar refractivity (Wildman–Crippen MR) is 101 cm³/mol. The third-order valence-corrected chi connectivity index (χ3v) is 5.16. The number of sulfonamides is 1. The number of nitrogens with two attached hydrogens (primary N) is 1. The molecular weight excluding hydrogens is 383 g/mol. The van der Waals surface area contributed by atoms with Gasteiger partial charge in [0.05, 0.1) is 11.1 Å². The SMILES string of the molecule is N#Cc1cnc(Nc2ccc(S(=O)(=O)NCc3ccc(F)cc3)cc2)nc1N. The van der Waals surface area contributed by atoms with Gasteiger partial charge in [-0.2, -0.15) is 10.2 Å². The molecule has 8 nitrogen and oxygen atoms in total. The highest BCUT2D eigenvalue weighted by atomic mass is 32.2. The number of nitriles is 1. The summed E-state index contributed by atoms with van der Waals surface area (Å²) >= 11 is 0. The fraction of sp³-hybridized carbons (Fsp3) is 0.0556. The molecule has 0 amide bonds. The molecule has 1 heterocycles. The van der Waals surface area contributed by atoms with E-state index in [1.807, 2.05) is 6.07 Å². The summed E-state index contributed by atoms with van der Waals surface area (Å²) < 4.78 is 40.1. The van der Waals surface area contributed by atoms with Gasteiger partial charge in [-0.25, -0.2) is 22.5 Å². The average Bonchev–Trinajstić information content (AvgIpc) is 2.68. The number of halogens is 1. The third kappa shape index (κ3) is 4.59. The first-order valence-corrected chi connectivity index (χ1v) is 9.49. The van der Waals surface area contributed by atoms with Crippen molar-refractivity contribution in [1.29, 1.82) is 5.26 Å². The van der Waals surface area contributed by atoms with Gasteiger partial charge in [0.15, 0.2) is 0 Å². The van der Waals surface area contributed by atoms with Crippen molar-refractivity contribution >= 4 is 27.5 Å². The van der Waals surface area contributed by atoms with Crippen LogP contribution in [0.25, 0.3) is 0 Å². The van der Waals surface area contributed by atoms with Crippen LogP contribution in [0.2, 0.25) is 0 Å². The fourth-order valence-corrected chi connectivity index (χ4v) is 3.27. The Labute approximate surface area is 160 Å². The summed E-state index contributed by atoms with van der Waals surface area (Å²) in [6, 6.07) is 13.3. The van der Waals surface area contributed by atoms with E-state index in [0.717, 1.165) is 0 Å². The van der Waals surface area contributed by atoms with E-state index >= 15 is 0 Å². The summed E-state index contributed by atoms with van der Waals surface area (Å²) in [6.45, 7) is 0.0426. The monoisotopic (exact) mass is 398 g/mol. The number of anilines is 3. The smallest absolute Gasteiger partial charge is 0.240 e. The van der Waals surface area contributed by atoms with Gasteiger partial charge in [-0.1, -0.05) is 12.1 Å². The van der Waals surface area contributed by atoms with E-state index in [-0.39, 0.29) is 34.6 Å². The fourth-order valence-electron chi connectivity index (χ4n) is 2.25. The van der Waals surface area contributed by atoms with Crippen LogP contribution in [0.5, 0.6) is 0 Å². The van der Waals surface area contributed by atoms with E-state index in [1.54, 1.807) is 12.1 Å². The van der Waals surface area contributed by atoms with Crippen LogP contribution in [-0.4, -0.2) is 18.4 Å². The largest absolute Gasteiger partial charge is 0.382 e. The summed E-state index contributed by atoms with van der Waals surface area (Å²) in [5.74, 6) is -0.159. The second-order valence-corrected chi connectivity index (χ2v) is 7.47. The zero-order chi connectivity index (χ0) is 20.1. The van der Waals surface area contributed by atoms with Crippen molar-refractivity contribution < 1.29 is 12.8 Å². The van der Waals surface area contributed by atoms with Gasteiger partial charge in [0.1, 0.15) is 23.3 Å². The molecule has 0 aliphatic heterocycles. The van der Waals surface area contributed by atoms with Crippen LogP contribution in [0.1, 0.15) is 11.1 Å². The summed E-state index contributed by atoms with van der Waals surface area (Å²) in [4.78, 5) is 7.99. The zero-order valence-corrected chi connectivity index (χ0v) is 15.2. The molecule has 2 aromatic carbocycles. The molecule has 0 fully saturated rings. The molecule has 0 saturated carbocycles. The number of aromatic nitrogens is 2. The van der Waals surface area contributed by atoms with Gasteiger partial charge in [-0.3, -0.25) is 0 Å². The standard InChI is InChI=1S/C18H15FN6O2S/c19-14-3-1-12(2-4-14)10-23-28(26,27)16-7-5-15(6-8-16)24-18-22-11-13(9-20)17(21)25-18/h1-8,11,23H,10H2,(H3,21,22,24,25). The molecule has 3 aromatic rings. The molecule has 142 valence electrons. The van der Waals surface area contributed by atoms with E-state index in [9.17, 15) is 12.8 Å². The number of rotatable bonds is 6. The molecule has 0 radical (unpaired) electrons. The topological polar surface area (TPSA) is 134 Å². The Morgan fingerprint density at radius 2 is 1.79 bits per heavy atom. The summed E-state index contributed by atoms with van der Waals surface area (Å²) in [5.41, 5.74) is 6.98. The Hall–Kier alpha value is -3.55. The summed E-state index contributed by atoms with van der Waals surface area (Å²) in [6.07, 6.45) is 1.29. The summed E-state index contributed by atoms with van der Waals surface area (Å²) in [5, 5.41) is 11.7. The van der Waals surface area contributed by atoms with Crippen LogP contribution in [0, 0.1) is 17.1 Å². The Balaban J connectivity index is 1.68. The van der Waals surface area contributed by atoms with Gasteiger partial charge in [0.2, 0.25) is 16.0 Å². The Bertz CT molecular complexity index is 1130. The van der Waals surface area contributed by atoms with E-state index in [1.165, 1.54) is 42.6 Å². The molecular formula is C18H15FN6O2S. The third-order valence-electron chi connectivity index (χ3n) is 3.74. The van der Waals surface area contributed by atoms with Gasteiger partial charge in [-0.15, -0.1) is 0 Å². The molecule has 0 bridgehead atoms. The minimum absolute atomic E-state index is 0.0426. The van der Waals surface area contributed by atoms with Gasteiger partial charge in [0, 0.05) is 12.2 Å². The molecule has 10 heteroatoms. The van der Waals surface area contributed by atoms with Gasteiger partial charge in [-0.05, 0) is 42.0 Å². The quantitative estimate of drug-likeness (QED) is 0.580. The van der Waals surface area contributed by atoms with Crippen LogP contribution in [0.4, 0.5) is 21.8 Å². The maximum absolute atomic E-state index is 12.9. The number of nitrogens with zero attached hydrogens (tertiary/aromatic N) is 3. The Morgan fingerprint density at radius 1 is 1.11 bits per heavy atom. The van der Waals surface area contributed by atoms with E-state index in [0.29, 0.717) is 11.3 Å². The van der Waals surface area contributed by atoms with E-state index in [4.69, 9.17) is 11.0 Å². The van der Waals surface area contributed by atoms with Crippen LogP contribution >= 0.6 is 0 Å². The first kappa shape index (κ1) is 19.2. The molecule has 28 heavy (non-hydrogen) atoms. The first-order chi connectivity index (χ1) is 13.4. The molecule has 0 saturated heterocycles. The minimum Gasteiger partial charge on any atom is -0.382 e. The van der Waals surface area contributed by atoms with E-state index in [2.05, 4.69) is 20.0 Å². The van der Waals surface area contributed by atoms with Crippen molar-refractivity contribution in [3.63, 3.8) is 0 Å². The highest BCUT2D eigenvalue weighted by Crippen LogP contribution is 2.18. The molecule has 0 unspecified atom stereocenters. The molecule has 0 aliphatic rings. The second kappa shape index (κ2) is 7.99. The lowest BCUT2D eigenvalue weighted by Crippen LogP contribution is -2.23. The lowest BCUT2D eigenvalue weighted by molar-refractivity contribution is 0.581. The van der Waals surface area contributed by atoms with Crippen LogP contribution in [-0.2, 0) is 16.6 Å². The van der Waals surface area contributed by atoms with Crippen molar-refractivity contribution in [2.75, 3.05) is 11.1 Å². The molecule has 4 N–H and O–H groups in total. The maximum Gasteiger partial charge on any atom is 0.240 e. The van der Waals surface area contributed by atoms with Crippen LogP contribution in [0.3, 0.4) is 0 Å². The number of nitrogen functional groups attached to an aromatic ring is 1. The molecule has 0 atom stereocenters. The highest BCUT2D eigenvalue weighted by Gasteiger charge is 2.14. The van der Waals surface area contributed by atoms with Crippen molar-refractivity contribution in [2.24, 2.45) is 0 Å². The number of benzene rings is 2. The van der Waals surface area contributed by atoms with Crippen LogP contribution < -0.4 is 15.8 Å². The molecule has 3 rings (SSSR count). The zero-order valence-electron chi connectivity index (χ0n) is 14.4. The Morgan fingerprint density at radius 3 is 2.39 bits per heavy atom. The second-order valence-electron chi connectivity index (χ2n) is 5.70. The van der Waals surface area contributed by atoms with Crippen molar-refractivity contribution in [3.8, 4) is 6.07 Å². The normalized spacial score (nSPS) is 11.0. The number of nitrogens with one attached hydrogen (secondary N) is 2. The maximum atomic E-state index is 12.9. The van der Waals surface area contributed by atoms with Crippen molar-refractivity contribution in [2.45, 2.75) is 11.4 Å². The molecule has 1 aromatic heterocycles. The highest BCUT2D eigenvalue weighted by molar-refractivity contribution is 7.89. The first-order valence-electron chi connectivity index (χ1n) is 8.01. The van der Waals surface area contributed by atoms with Gasteiger partial charge in [0.25, 0.3) is 0 Å². The lowest BCUT2D eigenvalue weighted by atomic mass is 10.2. The molecule has 0 spiro atoms. The molecule has 0 aliphatic carbocycles. The number of hydrogen-bond donors (Lipinski definition) is 3. The van der Waals surface area contributed by atoms with Gasteiger partial charge >= 0.3 is 0 Å². The summed E-state index contributed by atoms with van der Waals surface area (Å²) in [7, 11) is -3.73. The minimum atomic E-state index is -3.73. The van der Waals surface area contributed by atoms with Crippen LogP contribution in [0.15, 0.2) is 59.6 Å². The Kier molecular flexibility index (Phi) is 5.49. The van der Waals surface area contributed by atoms with E-state index < -0.39 is 10.0 Å². The predicted octanol–water partition coefficient (Wildman–Crippen LogP) is 2.29. The van der Waals surface area contributed by atoms with Crippen molar-refractivity contribution in [3.05, 3.63) is 71.7 Å². The number of hydrogen-bond acceptors (Lipinski definition) is 7. The average molecular weight is 398 g/mol. The van der Waals surface area contributed by atoms with Gasteiger partial charge < -0.3 is 11.1 Å². The van der Waals surface area contributed by atoms with Crippen molar-refractivity contribution in [1.82, 2.24) is 14.7 Å².